The minimum absolute atomic E-state index is 0.0617. The Labute approximate surface area is 139 Å². The molecule has 1 N–H and O–H groups in total. The van der Waals surface area contributed by atoms with Crippen LogP contribution in [-0.2, 0) is 18.4 Å². The van der Waals surface area contributed by atoms with Crippen molar-refractivity contribution in [1.82, 2.24) is 24.5 Å². The first kappa shape index (κ1) is 16.2. The molecule has 24 heavy (non-hydrogen) atoms. The maximum absolute atomic E-state index is 12.6. The Morgan fingerprint density at radius 3 is 2.83 bits per heavy atom. The molecule has 128 valence electrons. The Kier molecular flexibility index (Phi) is 4.37. The lowest BCUT2D eigenvalue weighted by Gasteiger charge is -2.31. The summed E-state index contributed by atoms with van der Waals surface area (Å²) in [5.41, 5.74) is 2.25. The van der Waals surface area contributed by atoms with Crippen LogP contribution in [0.5, 0.6) is 0 Å². The third kappa shape index (κ3) is 3.32. The first-order valence-electron chi connectivity index (χ1n) is 7.99. The Bertz CT molecular complexity index is 744. The number of carboxylic acids is 1. The van der Waals surface area contributed by atoms with Crippen LogP contribution in [0.1, 0.15) is 40.6 Å². The molecule has 1 aliphatic heterocycles. The largest absolute Gasteiger partial charge is 0.480 e. The summed E-state index contributed by atoms with van der Waals surface area (Å²) in [6.07, 6.45) is 3.51. The van der Waals surface area contributed by atoms with Crippen molar-refractivity contribution >= 4 is 11.9 Å². The zero-order valence-electron chi connectivity index (χ0n) is 13.8. The molecule has 2 aromatic heterocycles. The molecular weight excluding hydrogens is 310 g/mol. The highest BCUT2D eigenvalue weighted by molar-refractivity contribution is 5.92. The van der Waals surface area contributed by atoms with E-state index in [-0.39, 0.29) is 18.4 Å². The summed E-state index contributed by atoms with van der Waals surface area (Å²) < 4.78 is 3.11. The predicted molar refractivity (Wildman–Crippen MR) is 85.7 cm³/mol. The molecule has 3 rings (SSSR count). The van der Waals surface area contributed by atoms with Crippen LogP contribution in [0.25, 0.3) is 0 Å². The molecule has 0 unspecified atom stereocenters. The van der Waals surface area contributed by atoms with E-state index in [1.807, 2.05) is 24.9 Å². The summed E-state index contributed by atoms with van der Waals surface area (Å²) in [5.74, 6) is -0.855. The number of aromatic nitrogens is 4. The van der Waals surface area contributed by atoms with Crippen LogP contribution < -0.4 is 0 Å². The summed E-state index contributed by atoms with van der Waals surface area (Å²) in [6.45, 7) is 3.06. The number of carboxylic acid groups (broad SMARTS) is 1. The summed E-state index contributed by atoms with van der Waals surface area (Å²) in [5, 5.41) is 17.4. The van der Waals surface area contributed by atoms with Crippen molar-refractivity contribution < 1.29 is 14.7 Å². The molecular formula is C16H21N5O3. The first-order chi connectivity index (χ1) is 11.4. The van der Waals surface area contributed by atoms with Crippen molar-refractivity contribution in [3.8, 4) is 0 Å². The van der Waals surface area contributed by atoms with Gasteiger partial charge in [-0.2, -0.15) is 10.2 Å². The molecule has 3 heterocycles. The van der Waals surface area contributed by atoms with Crippen molar-refractivity contribution in [2.24, 2.45) is 7.05 Å². The van der Waals surface area contributed by atoms with Gasteiger partial charge in [-0.1, -0.05) is 0 Å². The van der Waals surface area contributed by atoms with Crippen LogP contribution in [0.4, 0.5) is 0 Å². The fourth-order valence-corrected chi connectivity index (χ4v) is 3.05. The number of hydrogen-bond acceptors (Lipinski definition) is 4. The number of likely N-dealkylation sites (tertiary alicyclic amines) is 1. The Balaban J connectivity index is 1.70. The zero-order chi connectivity index (χ0) is 17.3. The quantitative estimate of drug-likeness (QED) is 0.903. The number of hydrogen-bond donors (Lipinski definition) is 1. The second kappa shape index (κ2) is 6.46. The molecule has 8 heteroatoms. The predicted octanol–water partition coefficient (Wildman–Crippen LogP) is 1.03. The van der Waals surface area contributed by atoms with E-state index in [9.17, 15) is 9.59 Å². The van der Waals surface area contributed by atoms with E-state index in [1.54, 1.807) is 16.9 Å². The average molecular weight is 331 g/mol. The maximum Gasteiger partial charge on any atom is 0.325 e. The van der Waals surface area contributed by atoms with Gasteiger partial charge in [0.1, 0.15) is 6.54 Å². The van der Waals surface area contributed by atoms with Crippen LogP contribution in [0, 0.1) is 6.92 Å². The second-order valence-electron chi connectivity index (χ2n) is 6.22. The van der Waals surface area contributed by atoms with Crippen molar-refractivity contribution in [2.75, 3.05) is 13.1 Å². The van der Waals surface area contributed by atoms with E-state index in [0.717, 1.165) is 24.2 Å². The van der Waals surface area contributed by atoms with Gasteiger partial charge in [-0.3, -0.25) is 19.0 Å². The highest BCUT2D eigenvalue weighted by Crippen LogP contribution is 2.26. The summed E-state index contributed by atoms with van der Waals surface area (Å²) in [7, 11) is 1.82. The Morgan fingerprint density at radius 2 is 2.17 bits per heavy atom. The van der Waals surface area contributed by atoms with Crippen LogP contribution in [-0.4, -0.2) is 54.5 Å². The monoisotopic (exact) mass is 331 g/mol. The third-order valence-corrected chi connectivity index (χ3v) is 4.42. The van der Waals surface area contributed by atoms with Gasteiger partial charge in [-0.05, 0) is 31.9 Å². The van der Waals surface area contributed by atoms with Gasteiger partial charge >= 0.3 is 5.97 Å². The van der Waals surface area contributed by atoms with E-state index in [1.165, 1.54) is 4.68 Å². The molecule has 0 aromatic carbocycles. The summed E-state index contributed by atoms with van der Waals surface area (Å²) in [6, 6.07) is 3.64. The molecule has 0 aliphatic carbocycles. The van der Waals surface area contributed by atoms with Gasteiger partial charge in [0.2, 0.25) is 0 Å². The number of carbonyl (C=O) groups excluding carboxylic acids is 1. The molecule has 8 nitrogen and oxygen atoms in total. The average Bonchev–Trinajstić information content (AvgIpc) is 3.13. The van der Waals surface area contributed by atoms with Crippen LogP contribution >= 0.6 is 0 Å². The number of amides is 1. The van der Waals surface area contributed by atoms with Crippen LogP contribution in [0.15, 0.2) is 18.3 Å². The number of aliphatic carboxylic acids is 1. The SMILES string of the molecule is Cc1cc(C(=O)N2CCC[C@H](c3ccn(CC(=O)O)n3)C2)nn1C. The van der Waals surface area contributed by atoms with Crippen LogP contribution in [0.3, 0.4) is 0 Å². The van der Waals surface area contributed by atoms with Gasteiger partial charge in [0.05, 0.1) is 5.69 Å². The molecule has 0 saturated carbocycles. The Hall–Kier alpha value is -2.64. The van der Waals surface area contributed by atoms with Crippen molar-refractivity contribution in [1.29, 1.82) is 0 Å². The molecule has 0 bridgehead atoms. The topological polar surface area (TPSA) is 93.2 Å². The lowest BCUT2D eigenvalue weighted by atomic mass is 9.95. The smallest absolute Gasteiger partial charge is 0.325 e. The highest BCUT2D eigenvalue weighted by Gasteiger charge is 2.28. The highest BCUT2D eigenvalue weighted by atomic mass is 16.4. The van der Waals surface area contributed by atoms with Gasteiger partial charge in [0, 0.05) is 37.9 Å². The number of nitrogens with zero attached hydrogens (tertiary/aromatic N) is 5. The normalized spacial score (nSPS) is 17.9. The summed E-state index contributed by atoms with van der Waals surface area (Å²) >= 11 is 0. The van der Waals surface area contributed by atoms with Gasteiger partial charge < -0.3 is 10.0 Å². The second-order valence-corrected chi connectivity index (χ2v) is 6.22. The maximum atomic E-state index is 12.6. The van der Waals surface area contributed by atoms with E-state index in [2.05, 4.69) is 10.2 Å². The fraction of sp³-hybridized carbons (Fsp3) is 0.500. The standard InChI is InChI=1S/C16H21N5O3/c1-11-8-14(17-19(11)2)16(24)20-6-3-4-12(9-20)13-5-7-21(18-13)10-15(22)23/h5,7-8,12H,3-4,6,9-10H2,1-2H3,(H,22,23)/t12-/m0/s1. The van der Waals surface area contributed by atoms with Crippen LogP contribution in [0.2, 0.25) is 0 Å². The fourth-order valence-electron chi connectivity index (χ4n) is 3.05. The Morgan fingerprint density at radius 1 is 1.38 bits per heavy atom. The minimum atomic E-state index is -0.921. The minimum Gasteiger partial charge on any atom is -0.480 e. The van der Waals surface area contributed by atoms with Gasteiger partial charge in [-0.15, -0.1) is 0 Å². The molecule has 1 saturated heterocycles. The van der Waals surface area contributed by atoms with E-state index in [4.69, 9.17) is 5.11 Å². The molecule has 2 aromatic rings. The first-order valence-corrected chi connectivity index (χ1v) is 7.99. The third-order valence-electron chi connectivity index (χ3n) is 4.42. The van der Waals surface area contributed by atoms with E-state index >= 15 is 0 Å². The van der Waals surface area contributed by atoms with Crippen molar-refractivity contribution in [3.05, 3.63) is 35.4 Å². The number of piperidine rings is 1. The molecule has 1 aliphatic rings. The van der Waals surface area contributed by atoms with E-state index < -0.39 is 5.97 Å². The number of carbonyl (C=O) groups is 2. The van der Waals surface area contributed by atoms with Gasteiger partial charge in [0.25, 0.3) is 5.91 Å². The molecule has 1 amide bonds. The lowest BCUT2D eigenvalue weighted by molar-refractivity contribution is -0.137. The molecule has 0 spiro atoms. The van der Waals surface area contributed by atoms with Gasteiger partial charge in [0.15, 0.2) is 5.69 Å². The van der Waals surface area contributed by atoms with Crippen molar-refractivity contribution in [3.63, 3.8) is 0 Å². The molecule has 1 fully saturated rings. The molecule has 1 atom stereocenters. The van der Waals surface area contributed by atoms with Crippen molar-refractivity contribution in [2.45, 2.75) is 32.2 Å². The van der Waals surface area contributed by atoms with Gasteiger partial charge in [-0.25, -0.2) is 0 Å². The number of aryl methyl sites for hydroxylation is 2. The van der Waals surface area contributed by atoms with E-state index in [0.29, 0.717) is 18.8 Å². The summed E-state index contributed by atoms with van der Waals surface area (Å²) in [4.78, 5) is 25.2. The molecule has 0 radical (unpaired) electrons. The lowest BCUT2D eigenvalue weighted by Crippen LogP contribution is -2.39. The number of rotatable bonds is 4. The zero-order valence-corrected chi connectivity index (χ0v) is 13.8.